The Morgan fingerprint density at radius 2 is 1.86 bits per heavy atom. The number of aryl methyl sites for hydroxylation is 1. The van der Waals surface area contributed by atoms with E-state index in [1.54, 1.807) is 0 Å². The molecule has 1 amide bonds. The van der Waals surface area contributed by atoms with Crippen LogP contribution in [-0.4, -0.2) is 10.9 Å². The first-order valence-electron chi connectivity index (χ1n) is 7.17. The van der Waals surface area contributed by atoms with E-state index < -0.39 is 0 Å². The third-order valence-electron chi connectivity index (χ3n) is 3.82. The molecule has 0 aliphatic rings. The SMILES string of the molecule is CCc1cccc2c(CC(N)=O)c(-c3ccccc3)[nH]c12. The molecule has 0 atom stereocenters. The van der Waals surface area contributed by atoms with Gasteiger partial charge >= 0.3 is 0 Å². The van der Waals surface area contributed by atoms with Crippen molar-refractivity contribution in [2.45, 2.75) is 19.8 Å². The number of amides is 1. The second kappa shape index (κ2) is 5.44. The first-order valence-corrected chi connectivity index (χ1v) is 7.17. The van der Waals surface area contributed by atoms with E-state index in [1.165, 1.54) is 5.56 Å². The van der Waals surface area contributed by atoms with E-state index in [4.69, 9.17) is 5.73 Å². The minimum atomic E-state index is -0.310. The second-order valence-electron chi connectivity index (χ2n) is 5.18. The number of hydrogen-bond acceptors (Lipinski definition) is 1. The third kappa shape index (κ3) is 2.42. The van der Waals surface area contributed by atoms with Crippen LogP contribution in [0.3, 0.4) is 0 Å². The fourth-order valence-corrected chi connectivity index (χ4v) is 2.84. The Labute approximate surface area is 123 Å². The van der Waals surface area contributed by atoms with Gasteiger partial charge in [-0.05, 0) is 23.1 Å². The number of nitrogens with one attached hydrogen (secondary N) is 1. The molecule has 0 saturated heterocycles. The standard InChI is InChI=1S/C18H18N2O/c1-2-12-9-6-10-14-15(11-16(19)21)18(20-17(12)14)13-7-4-3-5-8-13/h3-10,20H,2,11H2,1H3,(H2,19,21). The zero-order valence-electron chi connectivity index (χ0n) is 12.0. The second-order valence-corrected chi connectivity index (χ2v) is 5.18. The lowest BCUT2D eigenvalue weighted by Gasteiger charge is -2.03. The molecule has 0 unspecified atom stereocenters. The zero-order chi connectivity index (χ0) is 14.8. The van der Waals surface area contributed by atoms with Crippen molar-refractivity contribution in [3.8, 4) is 11.3 Å². The summed E-state index contributed by atoms with van der Waals surface area (Å²) in [5.41, 5.74) is 10.8. The highest BCUT2D eigenvalue weighted by molar-refractivity contribution is 5.96. The van der Waals surface area contributed by atoms with Crippen molar-refractivity contribution in [3.63, 3.8) is 0 Å². The van der Waals surface area contributed by atoms with Gasteiger partial charge in [0.25, 0.3) is 0 Å². The lowest BCUT2D eigenvalue weighted by molar-refractivity contribution is -0.117. The van der Waals surface area contributed by atoms with Gasteiger partial charge in [0, 0.05) is 10.9 Å². The number of hydrogen-bond donors (Lipinski definition) is 2. The number of rotatable bonds is 4. The molecule has 1 aromatic heterocycles. The van der Waals surface area contributed by atoms with Gasteiger partial charge in [0.2, 0.25) is 5.91 Å². The van der Waals surface area contributed by atoms with E-state index in [2.05, 4.69) is 24.0 Å². The average molecular weight is 278 g/mol. The fourth-order valence-electron chi connectivity index (χ4n) is 2.84. The van der Waals surface area contributed by atoms with Crippen molar-refractivity contribution in [2.75, 3.05) is 0 Å². The third-order valence-corrected chi connectivity index (χ3v) is 3.82. The largest absolute Gasteiger partial charge is 0.369 e. The van der Waals surface area contributed by atoms with Crippen LogP contribution in [-0.2, 0) is 17.6 Å². The normalized spacial score (nSPS) is 10.9. The smallest absolute Gasteiger partial charge is 0.221 e. The molecule has 0 radical (unpaired) electrons. The number of aromatic nitrogens is 1. The first kappa shape index (κ1) is 13.4. The molecule has 21 heavy (non-hydrogen) atoms. The van der Waals surface area contributed by atoms with Crippen LogP contribution >= 0.6 is 0 Å². The van der Waals surface area contributed by atoms with Gasteiger partial charge in [-0.1, -0.05) is 55.5 Å². The molecule has 3 nitrogen and oxygen atoms in total. The van der Waals surface area contributed by atoms with Gasteiger partial charge in [0.15, 0.2) is 0 Å². The summed E-state index contributed by atoms with van der Waals surface area (Å²) >= 11 is 0. The van der Waals surface area contributed by atoms with Gasteiger partial charge in [-0.25, -0.2) is 0 Å². The van der Waals surface area contributed by atoms with E-state index in [-0.39, 0.29) is 12.3 Å². The summed E-state index contributed by atoms with van der Waals surface area (Å²) in [7, 11) is 0. The number of para-hydroxylation sites is 1. The molecule has 3 N–H and O–H groups in total. The molecule has 3 heteroatoms. The molecule has 3 rings (SSSR count). The van der Waals surface area contributed by atoms with Gasteiger partial charge in [-0.15, -0.1) is 0 Å². The molecular formula is C18H18N2O. The number of nitrogens with two attached hydrogens (primary N) is 1. The van der Waals surface area contributed by atoms with E-state index >= 15 is 0 Å². The summed E-state index contributed by atoms with van der Waals surface area (Å²) in [6.45, 7) is 2.13. The first-order chi connectivity index (χ1) is 10.2. The van der Waals surface area contributed by atoms with Crippen LogP contribution < -0.4 is 5.73 Å². The van der Waals surface area contributed by atoms with Crippen molar-refractivity contribution in [3.05, 3.63) is 59.7 Å². The van der Waals surface area contributed by atoms with Crippen molar-refractivity contribution in [2.24, 2.45) is 5.73 Å². The number of benzene rings is 2. The summed E-state index contributed by atoms with van der Waals surface area (Å²) < 4.78 is 0. The molecule has 0 spiro atoms. The van der Waals surface area contributed by atoms with E-state index in [1.807, 2.05) is 36.4 Å². The van der Waals surface area contributed by atoms with E-state index in [0.29, 0.717) is 0 Å². The molecule has 1 heterocycles. The number of fused-ring (bicyclic) bond motifs is 1. The van der Waals surface area contributed by atoms with Crippen molar-refractivity contribution >= 4 is 16.8 Å². The fraction of sp³-hybridized carbons (Fsp3) is 0.167. The Balaban J connectivity index is 2.30. The summed E-state index contributed by atoms with van der Waals surface area (Å²) in [6, 6.07) is 16.3. The van der Waals surface area contributed by atoms with Gasteiger partial charge in [0.05, 0.1) is 12.1 Å². The van der Waals surface area contributed by atoms with Crippen LogP contribution in [0, 0.1) is 0 Å². The quantitative estimate of drug-likeness (QED) is 0.754. The van der Waals surface area contributed by atoms with Crippen molar-refractivity contribution in [1.82, 2.24) is 4.98 Å². The van der Waals surface area contributed by atoms with Crippen LogP contribution in [0.5, 0.6) is 0 Å². The monoisotopic (exact) mass is 278 g/mol. The summed E-state index contributed by atoms with van der Waals surface area (Å²) in [4.78, 5) is 15.0. The number of carbonyl (C=O) groups is 1. The molecule has 0 saturated carbocycles. The van der Waals surface area contributed by atoms with Gasteiger partial charge in [0.1, 0.15) is 0 Å². The molecular weight excluding hydrogens is 260 g/mol. The highest BCUT2D eigenvalue weighted by Gasteiger charge is 2.16. The molecule has 0 fully saturated rings. The minimum Gasteiger partial charge on any atom is -0.369 e. The topological polar surface area (TPSA) is 58.9 Å². The van der Waals surface area contributed by atoms with Gasteiger partial charge in [-0.3, -0.25) is 4.79 Å². The molecule has 0 aliphatic heterocycles. The maximum absolute atomic E-state index is 11.5. The Morgan fingerprint density at radius 3 is 2.52 bits per heavy atom. The molecule has 106 valence electrons. The van der Waals surface area contributed by atoms with Crippen LogP contribution in [0.4, 0.5) is 0 Å². The highest BCUT2D eigenvalue weighted by atomic mass is 16.1. The lowest BCUT2D eigenvalue weighted by atomic mass is 10.0. The summed E-state index contributed by atoms with van der Waals surface area (Å²) in [5, 5.41) is 1.09. The van der Waals surface area contributed by atoms with Crippen LogP contribution in [0.2, 0.25) is 0 Å². The molecule has 2 aromatic carbocycles. The highest BCUT2D eigenvalue weighted by Crippen LogP contribution is 2.32. The van der Waals surface area contributed by atoms with Crippen molar-refractivity contribution in [1.29, 1.82) is 0 Å². The number of carbonyl (C=O) groups excluding carboxylic acids is 1. The minimum absolute atomic E-state index is 0.247. The maximum Gasteiger partial charge on any atom is 0.221 e. The van der Waals surface area contributed by atoms with Gasteiger partial charge < -0.3 is 10.7 Å². The molecule has 0 aliphatic carbocycles. The Morgan fingerprint density at radius 1 is 1.10 bits per heavy atom. The zero-order valence-corrected chi connectivity index (χ0v) is 12.0. The van der Waals surface area contributed by atoms with Gasteiger partial charge in [-0.2, -0.15) is 0 Å². The Hall–Kier alpha value is -2.55. The molecule has 3 aromatic rings. The van der Waals surface area contributed by atoms with Crippen LogP contribution in [0.1, 0.15) is 18.1 Å². The lowest BCUT2D eigenvalue weighted by Crippen LogP contribution is -2.13. The van der Waals surface area contributed by atoms with E-state index in [9.17, 15) is 4.79 Å². The Bertz CT molecular complexity index is 788. The number of aromatic amines is 1. The molecule has 0 bridgehead atoms. The predicted octanol–water partition coefficient (Wildman–Crippen LogP) is 3.43. The predicted molar refractivity (Wildman–Crippen MR) is 86.0 cm³/mol. The van der Waals surface area contributed by atoms with E-state index in [0.717, 1.165) is 34.1 Å². The van der Waals surface area contributed by atoms with Crippen molar-refractivity contribution < 1.29 is 4.79 Å². The van der Waals surface area contributed by atoms with Crippen LogP contribution in [0.25, 0.3) is 22.2 Å². The Kier molecular flexibility index (Phi) is 3.48. The number of primary amides is 1. The maximum atomic E-state index is 11.5. The summed E-state index contributed by atoms with van der Waals surface area (Å²) in [6.07, 6.45) is 1.19. The van der Waals surface area contributed by atoms with Crippen LogP contribution in [0.15, 0.2) is 48.5 Å². The number of H-pyrrole nitrogens is 1. The summed E-state index contributed by atoms with van der Waals surface area (Å²) in [5.74, 6) is -0.310. The average Bonchev–Trinajstić information content (AvgIpc) is 2.86.